The Labute approximate surface area is 111 Å². The standard InChI is InChI=1S/C15H15F2NO/c1-10(18-2)11-3-6-13(7-4-11)19-15-8-5-12(16)9-14(15)17/h3-10,18H,1-2H3. The minimum absolute atomic E-state index is 0.0100. The van der Waals surface area contributed by atoms with Gasteiger partial charge in [-0.15, -0.1) is 0 Å². The van der Waals surface area contributed by atoms with E-state index in [1.165, 1.54) is 6.07 Å². The van der Waals surface area contributed by atoms with Crippen LogP contribution in [0.4, 0.5) is 8.78 Å². The van der Waals surface area contributed by atoms with Crippen molar-refractivity contribution in [2.24, 2.45) is 0 Å². The molecule has 0 bridgehead atoms. The molecule has 0 aliphatic rings. The third-order valence-corrected chi connectivity index (χ3v) is 2.93. The number of hydrogen-bond acceptors (Lipinski definition) is 2. The van der Waals surface area contributed by atoms with Crippen molar-refractivity contribution >= 4 is 0 Å². The molecule has 1 atom stereocenters. The predicted octanol–water partition coefficient (Wildman–Crippen LogP) is 4.04. The van der Waals surface area contributed by atoms with Gasteiger partial charge in [0.15, 0.2) is 11.6 Å². The predicted molar refractivity (Wildman–Crippen MR) is 70.3 cm³/mol. The number of hydrogen-bond donors (Lipinski definition) is 1. The second-order valence-corrected chi connectivity index (χ2v) is 4.26. The van der Waals surface area contributed by atoms with E-state index in [9.17, 15) is 8.78 Å². The van der Waals surface area contributed by atoms with Crippen molar-refractivity contribution < 1.29 is 13.5 Å². The lowest BCUT2D eigenvalue weighted by molar-refractivity contribution is 0.437. The molecule has 0 aliphatic carbocycles. The molecule has 2 aromatic rings. The van der Waals surface area contributed by atoms with Crippen LogP contribution in [0.5, 0.6) is 11.5 Å². The van der Waals surface area contributed by atoms with Gasteiger partial charge in [0, 0.05) is 12.1 Å². The average molecular weight is 263 g/mol. The third kappa shape index (κ3) is 3.29. The monoisotopic (exact) mass is 263 g/mol. The molecule has 1 unspecified atom stereocenters. The second kappa shape index (κ2) is 5.80. The van der Waals surface area contributed by atoms with E-state index in [1.54, 1.807) is 12.1 Å². The summed E-state index contributed by atoms with van der Waals surface area (Å²) in [5, 5.41) is 3.12. The first-order valence-corrected chi connectivity index (χ1v) is 6.00. The minimum atomic E-state index is -0.715. The van der Waals surface area contributed by atoms with E-state index in [4.69, 9.17) is 4.74 Å². The largest absolute Gasteiger partial charge is 0.454 e. The fraction of sp³-hybridized carbons (Fsp3) is 0.200. The first-order valence-electron chi connectivity index (χ1n) is 6.00. The summed E-state index contributed by atoms with van der Waals surface area (Å²) in [4.78, 5) is 0. The van der Waals surface area contributed by atoms with Gasteiger partial charge in [-0.1, -0.05) is 12.1 Å². The van der Waals surface area contributed by atoms with E-state index >= 15 is 0 Å². The van der Waals surface area contributed by atoms with Crippen LogP contribution in [0.25, 0.3) is 0 Å². The Kier molecular flexibility index (Phi) is 4.12. The van der Waals surface area contributed by atoms with Crippen LogP contribution in [0.1, 0.15) is 18.5 Å². The molecule has 2 rings (SSSR count). The van der Waals surface area contributed by atoms with Crippen LogP contribution in [-0.2, 0) is 0 Å². The van der Waals surface area contributed by atoms with Gasteiger partial charge < -0.3 is 10.1 Å². The highest BCUT2D eigenvalue weighted by Gasteiger charge is 2.07. The molecule has 2 nitrogen and oxygen atoms in total. The number of benzene rings is 2. The van der Waals surface area contributed by atoms with Gasteiger partial charge in [-0.05, 0) is 43.8 Å². The summed E-state index contributed by atoms with van der Waals surface area (Å²) >= 11 is 0. The molecule has 4 heteroatoms. The maximum absolute atomic E-state index is 13.4. The van der Waals surface area contributed by atoms with Gasteiger partial charge >= 0.3 is 0 Å². The molecule has 0 heterocycles. The maximum atomic E-state index is 13.4. The van der Waals surface area contributed by atoms with E-state index in [0.717, 1.165) is 17.7 Å². The quantitative estimate of drug-likeness (QED) is 0.899. The molecular formula is C15H15F2NO. The van der Waals surface area contributed by atoms with Crippen molar-refractivity contribution in [2.75, 3.05) is 7.05 Å². The van der Waals surface area contributed by atoms with E-state index in [0.29, 0.717) is 5.75 Å². The zero-order valence-corrected chi connectivity index (χ0v) is 10.8. The van der Waals surface area contributed by atoms with Crippen molar-refractivity contribution in [2.45, 2.75) is 13.0 Å². The van der Waals surface area contributed by atoms with Crippen LogP contribution >= 0.6 is 0 Å². The van der Waals surface area contributed by atoms with Gasteiger partial charge in [0.2, 0.25) is 0 Å². The summed E-state index contributed by atoms with van der Waals surface area (Å²) in [5.41, 5.74) is 1.11. The molecule has 0 aliphatic heterocycles. The van der Waals surface area contributed by atoms with E-state index in [2.05, 4.69) is 5.32 Å². The van der Waals surface area contributed by atoms with Gasteiger partial charge in [0.25, 0.3) is 0 Å². The minimum Gasteiger partial charge on any atom is -0.454 e. The molecule has 0 saturated carbocycles. The lowest BCUT2D eigenvalue weighted by atomic mass is 10.1. The summed E-state index contributed by atoms with van der Waals surface area (Å²) in [5.74, 6) is -0.816. The van der Waals surface area contributed by atoms with Gasteiger partial charge in [0.05, 0.1) is 0 Å². The molecule has 19 heavy (non-hydrogen) atoms. The van der Waals surface area contributed by atoms with Crippen LogP contribution in [0.2, 0.25) is 0 Å². The first-order chi connectivity index (χ1) is 9.10. The summed E-state index contributed by atoms with van der Waals surface area (Å²) < 4.78 is 31.6. The molecule has 0 amide bonds. The lowest BCUT2D eigenvalue weighted by Gasteiger charge is -2.12. The van der Waals surface area contributed by atoms with Crippen LogP contribution in [0, 0.1) is 11.6 Å². The third-order valence-electron chi connectivity index (χ3n) is 2.93. The van der Waals surface area contributed by atoms with Crippen molar-refractivity contribution in [1.29, 1.82) is 0 Å². The molecule has 0 aromatic heterocycles. The maximum Gasteiger partial charge on any atom is 0.168 e. The van der Waals surface area contributed by atoms with Gasteiger partial charge in [-0.3, -0.25) is 0 Å². The zero-order chi connectivity index (χ0) is 13.8. The molecule has 0 spiro atoms. The summed E-state index contributed by atoms with van der Waals surface area (Å²) in [6, 6.07) is 10.8. The SMILES string of the molecule is CNC(C)c1ccc(Oc2ccc(F)cc2F)cc1. The van der Waals surface area contributed by atoms with Gasteiger partial charge in [-0.25, -0.2) is 8.78 Å². The Bertz CT molecular complexity index is 555. The Hall–Kier alpha value is -1.94. The van der Waals surface area contributed by atoms with Crippen molar-refractivity contribution in [1.82, 2.24) is 5.32 Å². The molecular weight excluding hydrogens is 248 g/mol. The Morgan fingerprint density at radius 1 is 1.05 bits per heavy atom. The second-order valence-electron chi connectivity index (χ2n) is 4.26. The highest BCUT2D eigenvalue weighted by Crippen LogP contribution is 2.26. The van der Waals surface area contributed by atoms with Crippen molar-refractivity contribution in [3.8, 4) is 11.5 Å². The van der Waals surface area contributed by atoms with Crippen LogP contribution < -0.4 is 10.1 Å². The van der Waals surface area contributed by atoms with E-state index < -0.39 is 11.6 Å². The Morgan fingerprint density at radius 3 is 2.32 bits per heavy atom. The smallest absolute Gasteiger partial charge is 0.168 e. The lowest BCUT2D eigenvalue weighted by Crippen LogP contribution is -2.11. The molecule has 0 radical (unpaired) electrons. The normalized spacial score (nSPS) is 12.2. The summed E-state index contributed by atoms with van der Waals surface area (Å²) in [6.07, 6.45) is 0. The first kappa shape index (κ1) is 13.5. The van der Waals surface area contributed by atoms with Crippen LogP contribution in [0.3, 0.4) is 0 Å². The Morgan fingerprint density at radius 2 is 1.74 bits per heavy atom. The van der Waals surface area contributed by atoms with Crippen LogP contribution in [0.15, 0.2) is 42.5 Å². The van der Waals surface area contributed by atoms with E-state index in [-0.39, 0.29) is 11.8 Å². The van der Waals surface area contributed by atoms with Crippen molar-refractivity contribution in [3.63, 3.8) is 0 Å². The zero-order valence-electron chi connectivity index (χ0n) is 10.8. The molecule has 0 fully saturated rings. The topological polar surface area (TPSA) is 21.3 Å². The molecule has 0 saturated heterocycles. The number of nitrogens with one attached hydrogen (secondary N) is 1. The molecule has 100 valence electrons. The van der Waals surface area contributed by atoms with Gasteiger partial charge in [-0.2, -0.15) is 0 Å². The number of halogens is 2. The molecule has 1 N–H and O–H groups in total. The summed E-state index contributed by atoms with van der Waals surface area (Å²) in [7, 11) is 1.88. The number of ether oxygens (including phenoxy) is 1. The average Bonchev–Trinajstić information content (AvgIpc) is 2.42. The fourth-order valence-electron chi connectivity index (χ4n) is 1.68. The fourth-order valence-corrected chi connectivity index (χ4v) is 1.68. The van der Waals surface area contributed by atoms with Gasteiger partial charge in [0.1, 0.15) is 11.6 Å². The van der Waals surface area contributed by atoms with Crippen LogP contribution in [-0.4, -0.2) is 7.05 Å². The van der Waals surface area contributed by atoms with Crippen molar-refractivity contribution in [3.05, 3.63) is 59.7 Å². The molecule has 2 aromatic carbocycles. The highest BCUT2D eigenvalue weighted by atomic mass is 19.1. The number of rotatable bonds is 4. The van der Waals surface area contributed by atoms with E-state index in [1.807, 2.05) is 26.1 Å². The Balaban J connectivity index is 2.15. The highest BCUT2D eigenvalue weighted by molar-refractivity contribution is 5.34. The summed E-state index contributed by atoms with van der Waals surface area (Å²) in [6.45, 7) is 2.04.